The number of aliphatic hydroxyl groups excluding tert-OH is 1. The van der Waals surface area contributed by atoms with Crippen LogP contribution in [0.5, 0.6) is 0 Å². The van der Waals surface area contributed by atoms with Crippen molar-refractivity contribution in [2.24, 2.45) is 5.73 Å². The lowest BCUT2D eigenvalue weighted by Gasteiger charge is -2.16. The van der Waals surface area contributed by atoms with Crippen LogP contribution in [0.3, 0.4) is 0 Å². The Bertz CT molecular complexity index is 305. The van der Waals surface area contributed by atoms with E-state index in [9.17, 15) is 9.90 Å². The zero-order valence-electron chi connectivity index (χ0n) is 8.29. The van der Waals surface area contributed by atoms with Crippen molar-refractivity contribution in [3.8, 4) is 0 Å². The number of hydrogen-bond donors (Lipinski definition) is 2. The highest BCUT2D eigenvalue weighted by Gasteiger charge is 2.24. The Labute approximate surface area is 94.5 Å². The molecule has 1 rings (SSSR count). The van der Waals surface area contributed by atoms with Crippen LogP contribution in [0.4, 0.5) is 0 Å². The number of benzene rings is 1. The molecule has 5 heteroatoms. The molecule has 1 aromatic rings. The fourth-order valence-corrected chi connectivity index (χ4v) is 1.12. The number of esters is 1. The van der Waals surface area contributed by atoms with Crippen molar-refractivity contribution in [3.05, 3.63) is 35.9 Å². The summed E-state index contributed by atoms with van der Waals surface area (Å²) in [4.78, 5) is 11.0. The van der Waals surface area contributed by atoms with E-state index in [1.54, 1.807) is 24.3 Å². The largest absolute Gasteiger partial charge is 0.467 e. The lowest BCUT2D eigenvalue weighted by atomic mass is 10.0. The lowest BCUT2D eigenvalue weighted by molar-refractivity contribution is -0.151. The molecule has 4 nitrogen and oxygen atoms in total. The Kier molecular flexibility index (Phi) is 5.93. The Morgan fingerprint density at radius 1 is 1.40 bits per heavy atom. The summed E-state index contributed by atoms with van der Waals surface area (Å²) in [5, 5.41) is 9.44. The van der Waals surface area contributed by atoms with E-state index in [1.807, 2.05) is 6.07 Å². The minimum absolute atomic E-state index is 0. The van der Waals surface area contributed by atoms with Crippen molar-refractivity contribution in [1.82, 2.24) is 0 Å². The highest BCUT2D eigenvalue weighted by molar-refractivity contribution is 5.85. The highest BCUT2D eigenvalue weighted by atomic mass is 35.5. The molecule has 0 aliphatic heterocycles. The summed E-state index contributed by atoms with van der Waals surface area (Å²) >= 11 is 0. The Balaban J connectivity index is 0.00000196. The number of nitrogens with two attached hydrogens (primary N) is 1. The predicted octanol–water partition coefficient (Wildman–Crippen LogP) is 0.642. The summed E-state index contributed by atoms with van der Waals surface area (Å²) in [6.45, 7) is 0. The van der Waals surface area contributed by atoms with E-state index in [-0.39, 0.29) is 12.4 Å². The average molecular weight is 232 g/mol. The normalized spacial score (nSPS) is 13.5. The number of halogens is 1. The minimum atomic E-state index is -1.32. The highest BCUT2D eigenvalue weighted by Crippen LogP contribution is 2.14. The zero-order valence-corrected chi connectivity index (χ0v) is 9.11. The molecular weight excluding hydrogens is 218 g/mol. The third-order valence-electron chi connectivity index (χ3n) is 1.97. The molecule has 0 saturated carbocycles. The number of hydrogen-bond acceptors (Lipinski definition) is 4. The van der Waals surface area contributed by atoms with Gasteiger partial charge in [0, 0.05) is 0 Å². The van der Waals surface area contributed by atoms with Crippen LogP contribution >= 0.6 is 12.4 Å². The fourth-order valence-electron chi connectivity index (χ4n) is 1.12. The van der Waals surface area contributed by atoms with E-state index < -0.39 is 18.1 Å². The fraction of sp³-hybridized carbons (Fsp3) is 0.300. The van der Waals surface area contributed by atoms with E-state index in [1.165, 1.54) is 7.11 Å². The molecule has 1 aromatic carbocycles. The lowest BCUT2D eigenvalue weighted by Crippen LogP contribution is -2.34. The second-order valence-corrected chi connectivity index (χ2v) is 2.90. The summed E-state index contributed by atoms with van der Waals surface area (Å²) in [5.74, 6) is -0.721. The van der Waals surface area contributed by atoms with Gasteiger partial charge in [0.15, 0.2) is 6.10 Å². The first kappa shape index (κ1) is 13.9. The van der Waals surface area contributed by atoms with Crippen LogP contribution in [0.25, 0.3) is 0 Å². The Morgan fingerprint density at radius 3 is 2.40 bits per heavy atom. The summed E-state index contributed by atoms with van der Waals surface area (Å²) in [5.41, 5.74) is 6.36. The zero-order chi connectivity index (χ0) is 10.6. The Morgan fingerprint density at radius 2 is 1.93 bits per heavy atom. The molecule has 0 spiro atoms. The summed E-state index contributed by atoms with van der Waals surface area (Å²) < 4.78 is 4.39. The van der Waals surface area contributed by atoms with Crippen LogP contribution in [0.2, 0.25) is 0 Å². The number of aliphatic hydroxyl groups is 1. The molecule has 0 bridgehead atoms. The molecule has 0 heterocycles. The van der Waals surface area contributed by atoms with Crippen LogP contribution in [0.15, 0.2) is 30.3 Å². The molecular formula is C10H14ClNO3. The molecule has 0 unspecified atom stereocenters. The van der Waals surface area contributed by atoms with Crippen molar-refractivity contribution < 1.29 is 14.6 Å². The topological polar surface area (TPSA) is 72.5 Å². The van der Waals surface area contributed by atoms with E-state index in [0.717, 1.165) is 0 Å². The molecule has 15 heavy (non-hydrogen) atoms. The SMILES string of the molecule is COC(=O)[C@H](O)[C@H](N)c1ccccc1.Cl. The second kappa shape index (κ2) is 6.40. The minimum Gasteiger partial charge on any atom is -0.467 e. The van der Waals surface area contributed by atoms with Crippen molar-refractivity contribution in [2.75, 3.05) is 7.11 Å². The van der Waals surface area contributed by atoms with E-state index in [2.05, 4.69) is 4.74 Å². The van der Waals surface area contributed by atoms with Gasteiger partial charge >= 0.3 is 5.97 Å². The van der Waals surface area contributed by atoms with Crippen LogP contribution in [0.1, 0.15) is 11.6 Å². The van der Waals surface area contributed by atoms with Crippen LogP contribution in [-0.2, 0) is 9.53 Å². The smallest absolute Gasteiger partial charge is 0.336 e. The molecule has 2 atom stereocenters. The van der Waals surface area contributed by atoms with Gasteiger partial charge in [-0.25, -0.2) is 4.79 Å². The van der Waals surface area contributed by atoms with Crippen molar-refractivity contribution >= 4 is 18.4 Å². The number of carbonyl (C=O) groups excluding carboxylic acids is 1. The second-order valence-electron chi connectivity index (χ2n) is 2.90. The third kappa shape index (κ3) is 3.51. The average Bonchev–Trinajstić information content (AvgIpc) is 2.27. The molecule has 3 N–H and O–H groups in total. The van der Waals surface area contributed by atoms with Crippen LogP contribution in [-0.4, -0.2) is 24.3 Å². The van der Waals surface area contributed by atoms with Gasteiger partial charge in [0.1, 0.15) is 0 Å². The first-order valence-electron chi connectivity index (χ1n) is 4.23. The third-order valence-corrected chi connectivity index (χ3v) is 1.97. The maximum absolute atomic E-state index is 11.0. The number of carbonyl (C=O) groups is 1. The first-order valence-corrected chi connectivity index (χ1v) is 4.23. The molecule has 0 aliphatic rings. The molecule has 0 saturated heterocycles. The number of methoxy groups -OCH3 is 1. The van der Waals surface area contributed by atoms with Gasteiger partial charge in [-0.1, -0.05) is 30.3 Å². The monoisotopic (exact) mass is 231 g/mol. The van der Waals surface area contributed by atoms with Crippen LogP contribution in [0, 0.1) is 0 Å². The van der Waals surface area contributed by atoms with E-state index in [0.29, 0.717) is 5.56 Å². The van der Waals surface area contributed by atoms with Gasteiger partial charge in [0.05, 0.1) is 13.2 Å². The molecule has 0 amide bonds. The van der Waals surface area contributed by atoms with E-state index >= 15 is 0 Å². The Hall–Kier alpha value is -1.10. The van der Waals surface area contributed by atoms with Gasteiger partial charge in [0.2, 0.25) is 0 Å². The van der Waals surface area contributed by atoms with Crippen molar-refractivity contribution in [1.29, 1.82) is 0 Å². The quantitative estimate of drug-likeness (QED) is 0.749. The van der Waals surface area contributed by atoms with Gasteiger partial charge in [-0.3, -0.25) is 0 Å². The summed E-state index contributed by atoms with van der Waals surface area (Å²) in [7, 11) is 1.21. The van der Waals surface area contributed by atoms with Crippen LogP contribution < -0.4 is 5.73 Å². The van der Waals surface area contributed by atoms with Gasteiger partial charge in [-0.2, -0.15) is 0 Å². The maximum atomic E-state index is 11.0. The summed E-state index contributed by atoms with van der Waals surface area (Å²) in [6.07, 6.45) is -1.32. The standard InChI is InChI=1S/C10H13NO3.ClH/c1-14-10(13)9(12)8(11)7-5-3-2-4-6-7;/h2-6,8-9,12H,11H2,1H3;1H/t8-,9-;/m1./s1. The summed E-state index contributed by atoms with van der Waals surface area (Å²) in [6, 6.07) is 8.16. The maximum Gasteiger partial charge on any atom is 0.336 e. The molecule has 0 fully saturated rings. The number of rotatable bonds is 3. The van der Waals surface area contributed by atoms with Gasteiger partial charge < -0.3 is 15.6 Å². The number of ether oxygens (including phenoxy) is 1. The van der Waals surface area contributed by atoms with Gasteiger partial charge in [-0.05, 0) is 5.56 Å². The molecule has 0 aromatic heterocycles. The first-order chi connectivity index (χ1) is 6.66. The molecule has 0 radical (unpaired) electrons. The van der Waals surface area contributed by atoms with E-state index in [4.69, 9.17) is 5.73 Å². The van der Waals surface area contributed by atoms with Gasteiger partial charge in [0.25, 0.3) is 0 Å². The van der Waals surface area contributed by atoms with Gasteiger partial charge in [-0.15, -0.1) is 12.4 Å². The predicted molar refractivity (Wildman–Crippen MR) is 58.6 cm³/mol. The van der Waals surface area contributed by atoms with Crippen molar-refractivity contribution in [2.45, 2.75) is 12.1 Å². The van der Waals surface area contributed by atoms with Crippen molar-refractivity contribution in [3.63, 3.8) is 0 Å². The molecule has 0 aliphatic carbocycles. The molecule has 84 valence electrons.